The maximum Gasteiger partial charge on any atom is 0.311 e. The molecule has 184 valence electrons. The van der Waals surface area contributed by atoms with Crippen molar-refractivity contribution in [2.75, 3.05) is 20.7 Å². The van der Waals surface area contributed by atoms with Gasteiger partial charge in [0.25, 0.3) is 0 Å². The highest BCUT2D eigenvalue weighted by molar-refractivity contribution is 5.77. The summed E-state index contributed by atoms with van der Waals surface area (Å²) >= 11 is 0. The molecule has 2 aliphatic carbocycles. The monoisotopic (exact) mass is 456 g/mol. The Bertz CT molecular complexity index is 874. The van der Waals surface area contributed by atoms with Gasteiger partial charge in [-0.25, -0.2) is 0 Å². The van der Waals surface area contributed by atoms with Crippen molar-refractivity contribution in [1.29, 1.82) is 0 Å². The molecule has 0 unspecified atom stereocenters. The number of allylic oxidation sites excluding steroid dienone is 1. The Labute approximate surface area is 201 Å². The Morgan fingerprint density at radius 1 is 1.24 bits per heavy atom. The SMILES string of the molecule is C=C1CC[C@H]2[C@](C)(CCC[C@]2(C)C(=O)OC)[C@H]1CCc1ccoc1C[N@@+]1(C)CCCC[C@H]1C. The minimum absolute atomic E-state index is 0.0191. The van der Waals surface area contributed by atoms with E-state index in [9.17, 15) is 4.79 Å². The number of likely N-dealkylation sites (tertiary alicyclic amines) is 1. The standard InChI is InChI=1S/C29H46NO3/c1-21-11-14-26-28(3,16-9-17-29(26,4)27(31)32-6)24(21)13-12-23-15-19-33-25(23)20-30(5)18-8-7-10-22(30)2/h15,19,22,24,26H,1,7-14,16-18,20H2,2-6H3/q+1/t22-,24+,26+,28-,29+,30-/m1/s1. The number of carbonyl (C=O) groups is 1. The van der Waals surface area contributed by atoms with E-state index < -0.39 is 0 Å². The van der Waals surface area contributed by atoms with Gasteiger partial charge in [-0.2, -0.15) is 0 Å². The average Bonchev–Trinajstić information content (AvgIpc) is 3.21. The molecule has 0 aromatic carbocycles. The molecule has 33 heavy (non-hydrogen) atoms. The maximum absolute atomic E-state index is 12.9. The first-order chi connectivity index (χ1) is 15.6. The topological polar surface area (TPSA) is 39.4 Å². The highest BCUT2D eigenvalue weighted by Gasteiger charge is 2.57. The van der Waals surface area contributed by atoms with E-state index in [1.807, 2.05) is 6.26 Å². The zero-order valence-corrected chi connectivity index (χ0v) is 21.8. The molecule has 1 aliphatic heterocycles. The molecule has 4 nitrogen and oxygen atoms in total. The Balaban J connectivity index is 1.51. The summed E-state index contributed by atoms with van der Waals surface area (Å²) in [5.74, 6) is 1.97. The first kappa shape index (κ1) is 24.6. The molecule has 0 bridgehead atoms. The van der Waals surface area contributed by atoms with Crippen molar-refractivity contribution in [3.8, 4) is 0 Å². The van der Waals surface area contributed by atoms with E-state index in [1.165, 1.54) is 49.1 Å². The first-order valence-corrected chi connectivity index (χ1v) is 13.3. The van der Waals surface area contributed by atoms with Gasteiger partial charge in [-0.3, -0.25) is 4.79 Å². The largest absolute Gasteiger partial charge is 0.469 e. The van der Waals surface area contributed by atoms with Crippen molar-refractivity contribution in [3.63, 3.8) is 0 Å². The summed E-state index contributed by atoms with van der Waals surface area (Å²) in [5, 5.41) is 0. The molecule has 3 fully saturated rings. The van der Waals surface area contributed by atoms with Gasteiger partial charge in [-0.1, -0.05) is 25.5 Å². The third kappa shape index (κ3) is 4.33. The summed E-state index contributed by atoms with van der Waals surface area (Å²) in [6, 6.07) is 2.88. The predicted molar refractivity (Wildman–Crippen MR) is 133 cm³/mol. The third-order valence-corrected chi connectivity index (χ3v) is 10.3. The van der Waals surface area contributed by atoms with E-state index in [2.05, 4.69) is 40.5 Å². The second-order valence-corrected chi connectivity index (χ2v) is 12.2. The molecule has 1 aromatic rings. The summed E-state index contributed by atoms with van der Waals surface area (Å²) in [7, 11) is 3.95. The minimum atomic E-state index is -0.370. The number of rotatable bonds is 6. The molecule has 1 saturated heterocycles. The lowest BCUT2D eigenvalue weighted by Gasteiger charge is -2.57. The molecular formula is C29H46NO3+. The van der Waals surface area contributed by atoms with E-state index in [1.54, 1.807) is 7.11 Å². The molecule has 4 rings (SSSR count). The highest BCUT2D eigenvalue weighted by Crippen LogP contribution is 2.62. The number of aryl methyl sites for hydroxylation is 1. The fourth-order valence-corrected chi connectivity index (χ4v) is 8.00. The summed E-state index contributed by atoms with van der Waals surface area (Å²) in [6.07, 6.45) is 13.3. The van der Waals surface area contributed by atoms with Crippen LogP contribution in [-0.2, 0) is 22.5 Å². The van der Waals surface area contributed by atoms with Gasteiger partial charge in [0.2, 0.25) is 0 Å². The number of quaternary nitrogens is 1. The van der Waals surface area contributed by atoms with Crippen molar-refractivity contribution in [2.45, 2.75) is 97.6 Å². The van der Waals surface area contributed by atoms with Crippen molar-refractivity contribution in [2.24, 2.45) is 22.7 Å². The van der Waals surface area contributed by atoms with Crippen LogP contribution < -0.4 is 0 Å². The van der Waals surface area contributed by atoms with Crippen LogP contribution in [0, 0.1) is 22.7 Å². The smallest absolute Gasteiger partial charge is 0.311 e. The lowest BCUT2D eigenvalue weighted by molar-refractivity contribution is -0.949. The van der Waals surface area contributed by atoms with Crippen LogP contribution in [0.5, 0.6) is 0 Å². The van der Waals surface area contributed by atoms with Crippen LogP contribution in [-0.4, -0.2) is 37.2 Å². The molecule has 0 radical (unpaired) electrons. The zero-order valence-electron chi connectivity index (χ0n) is 21.8. The number of esters is 1. The van der Waals surface area contributed by atoms with Crippen LogP contribution in [0.1, 0.15) is 89.9 Å². The van der Waals surface area contributed by atoms with Gasteiger partial charge >= 0.3 is 5.97 Å². The van der Waals surface area contributed by atoms with Crippen molar-refractivity contribution in [3.05, 3.63) is 35.8 Å². The second-order valence-electron chi connectivity index (χ2n) is 12.2. The molecular weight excluding hydrogens is 410 g/mol. The molecule has 2 saturated carbocycles. The van der Waals surface area contributed by atoms with Gasteiger partial charge < -0.3 is 13.6 Å². The van der Waals surface area contributed by atoms with Gasteiger partial charge in [0.1, 0.15) is 6.54 Å². The number of piperidine rings is 1. The summed E-state index contributed by atoms with van der Waals surface area (Å²) in [5.41, 5.74) is 2.50. The molecule has 0 amide bonds. The Morgan fingerprint density at radius 3 is 2.76 bits per heavy atom. The first-order valence-electron chi connectivity index (χ1n) is 13.3. The van der Waals surface area contributed by atoms with Crippen LogP contribution in [0.25, 0.3) is 0 Å². The Hall–Kier alpha value is -1.55. The predicted octanol–water partition coefficient (Wildman–Crippen LogP) is 6.68. The molecule has 4 heteroatoms. The van der Waals surface area contributed by atoms with Crippen molar-refractivity contribution in [1.82, 2.24) is 0 Å². The normalized spacial score (nSPS) is 39.2. The second kappa shape index (κ2) is 9.24. The van der Waals surface area contributed by atoms with E-state index in [0.29, 0.717) is 17.9 Å². The molecule has 6 atom stereocenters. The maximum atomic E-state index is 12.9. The van der Waals surface area contributed by atoms with E-state index in [0.717, 1.165) is 49.6 Å². The van der Waals surface area contributed by atoms with Gasteiger partial charge in [-0.15, -0.1) is 0 Å². The van der Waals surface area contributed by atoms with Gasteiger partial charge in [0.15, 0.2) is 5.76 Å². The van der Waals surface area contributed by atoms with Gasteiger partial charge in [-0.05, 0) is 101 Å². The molecule has 1 aromatic heterocycles. The fraction of sp³-hybridized carbons (Fsp3) is 0.759. The number of methoxy groups -OCH3 is 1. The summed E-state index contributed by atoms with van der Waals surface area (Å²) in [6.45, 7) is 13.8. The van der Waals surface area contributed by atoms with Gasteiger partial charge in [0, 0.05) is 0 Å². The highest BCUT2D eigenvalue weighted by atomic mass is 16.5. The molecule has 0 spiro atoms. The Morgan fingerprint density at radius 2 is 2.03 bits per heavy atom. The van der Waals surface area contributed by atoms with Crippen LogP contribution in [0.4, 0.5) is 0 Å². The van der Waals surface area contributed by atoms with Crippen molar-refractivity contribution >= 4 is 5.97 Å². The number of hydrogen-bond acceptors (Lipinski definition) is 3. The Kier molecular flexibility index (Phi) is 6.88. The minimum Gasteiger partial charge on any atom is -0.469 e. The number of furan rings is 1. The van der Waals surface area contributed by atoms with Crippen LogP contribution in [0.3, 0.4) is 0 Å². The number of hydrogen-bond donors (Lipinski definition) is 0. The third-order valence-electron chi connectivity index (χ3n) is 10.3. The zero-order chi connectivity index (χ0) is 23.9. The van der Waals surface area contributed by atoms with Crippen LogP contribution in [0.15, 0.2) is 28.9 Å². The molecule has 3 aliphatic rings. The van der Waals surface area contributed by atoms with Crippen molar-refractivity contribution < 1.29 is 18.4 Å². The fourth-order valence-electron chi connectivity index (χ4n) is 8.00. The lowest BCUT2D eigenvalue weighted by atomic mass is 9.46. The van der Waals surface area contributed by atoms with Crippen LogP contribution in [0.2, 0.25) is 0 Å². The van der Waals surface area contributed by atoms with E-state index in [4.69, 9.17) is 9.15 Å². The number of ether oxygens (including phenoxy) is 1. The number of nitrogens with zero attached hydrogens (tertiary/aromatic N) is 1. The quantitative estimate of drug-likeness (QED) is 0.272. The average molecular weight is 457 g/mol. The summed E-state index contributed by atoms with van der Waals surface area (Å²) < 4.78 is 12.4. The number of carbonyl (C=O) groups excluding carboxylic acids is 1. The van der Waals surface area contributed by atoms with E-state index in [-0.39, 0.29) is 16.8 Å². The van der Waals surface area contributed by atoms with Gasteiger partial charge in [0.05, 0.1) is 38.4 Å². The molecule has 0 N–H and O–H groups in total. The lowest BCUT2D eigenvalue weighted by Crippen LogP contribution is -2.53. The molecule has 2 heterocycles. The van der Waals surface area contributed by atoms with E-state index >= 15 is 0 Å². The summed E-state index contributed by atoms with van der Waals surface area (Å²) in [4.78, 5) is 12.9. The number of fused-ring (bicyclic) bond motifs is 1. The van der Waals surface area contributed by atoms with Crippen LogP contribution >= 0.6 is 0 Å².